The summed E-state index contributed by atoms with van der Waals surface area (Å²) in [7, 11) is 0. The first-order valence-electron chi connectivity index (χ1n) is 5.61. The smallest absolute Gasteiger partial charge is 0.126 e. The molecule has 0 amide bonds. The molecule has 0 saturated carbocycles. The van der Waals surface area contributed by atoms with E-state index in [0.717, 1.165) is 11.6 Å². The number of aromatic nitrogens is 1. The van der Waals surface area contributed by atoms with Crippen LogP contribution in [-0.2, 0) is 6.42 Å². The van der Waals surface area contributed by atoms with Crippen LogP contribution in [0.25, 0.3) is 0 Å². The van der Waals surface area contributed by atoms with E-state index in [1.165, 1.54) is 12.1 Å². The lowest BCUT2D eigenvalue weighted by molar-refractivity contribution is 0.172. The molecule has 18 heavy (non-hydrogen) atoms. The van der Waals surface area contributed by atoms with E-state index in [0.29, 0.717) is 11.3 Å². The molecule has 2 rings (SSSR count). The van der Waals surface area contributed by atoms with Gasteiger partial charge in [0.2, 0.25) is 0 Å². The fourth-order valence-electron chi connectivity index (χ4n) is 1.90. The molecule has 0 saturated heterocycles. The number of aryl methyl sites for hydroxylation is 1. The Morgan fingerprint density at radius 1 is 1.22 bits per heavy atom. The number of aliphatic hydroxyl groups excluding tert-OH is 1. The Kier molecular flexibility index (Phi) is 3.67. The summed E-state index contributed by atoms with van der Waals surface area (Å²) in [6.45, 7) is 1.83. The molecule has 0 fully saturated rings. The Morgan fingerprint density at radius 3 is 2.50 bits per heavy atom. The number of halogens is 2. The molecule has 0 bridgehead atoms. The third kappa shape index (κ3) is 2.90. The molecule has 1 unspecified atom stereocenters. The fourth-order valence-corrected chi connectivity index (χ4v) is 1.90. The normalized spacial score (nSPS) is 12.4. The van der Waals surface area contributed by atoms with Gasteiger partial charge in [0, 0.05) is 18.7 Å². The van der Waals surface area contributed by atoms with Crippen LogP contribution in [0.4, 0.5) is 8.78 Å². The number of aliphatic hydroxyl groups is 1. The lowest BCUT2D eigenvalue weighted by Gasteiger charge is -2.12. The number of hydrogen-bond donors (Lipinski definition) is 1. The quantitative estimate of drug-likeness (QED) is 0.907. The molecule has 2 aromatic rings. The summed E-state index contributed by atoms with van der Waals surface area (Å²) < 4.78 is 26.0. The standard InChI is InChI=1S/C14H13F2NO/c1-9-3-2-4-17-14(9)13(18)7-10-5-11(15)8-12(16)6-10/h2-6,8,13,18H,7H2,1H3. The van der Waals surface area contributed by atoms with Gasteiger partial charge in [0.1, 0.15) is 17.7 Å². The highest BCUT2D eigenvalue weighted by molar-refractivity contribution is 5.24. The minimum Gasteiger partial charge on any atom is -0.386 e. The molecule has 94 valence electrons. The van der Waals surface area contributed by atoms with Gasteiger partial charge in [-0.15, -0.1) is 0 Å². The van der Waals surface area contributed by atoms with E-state index in [1.54, 1.807) is 12.3 Å². The molecule has 1 atom stereocenters. The van der Waals surface area contributed by atoms with Gasteiger partial charge in [0.25, 0.3) is 0 Å². The topological polar surface area (TPSA) is 33.1 Å². The summed E-state index contributed by atoms with van der Waals surface area (Å²) in [5.74, 6) is -1.29. The average Bonchev–Trinajstić information content (AvgIpc) is 2.27. The zero-order valence-electron chi connectivity index (χ0n) is 9.90. The number of hydrogen-bond acceptors (Lipinski definition) is 2. The van der Waals surface area contributed by atoms with Gasteiger partial charge in [-0.2, -0.15) is 0 Å². The van der Waals surface area contributed by atoms with Crippen LogP contribution in [0, 0.1) is 18.6 Å². The highest BCUT2D eigenvalue weighted by Gasteiger charge is 2.13. The predicted octanol–water partition coefficient (Wildman–Crippen LogP) is 2.94. The lowest BCUT2D eigenvalue weighted by Crippen LogP contribution is -2.06. The minimum absolute atomic E-state index is 0.131. The van der Waals surface area contributed by atoms with Crippen molar-refractivity contribution in [1.82, 2.24) is 4.98 Å². The van der Waals surface area contributed by atoms with Gasteiger partial charge in [-0.3, -0.25) is 4.98 Å². The third-order valence-corrected chi connectivity index (χ3v) is 2.72. The van der Waals surface area contributed by atoms with Gasteiger partial charge in [-0.1, -0.05) is 6.07 Å². The van der Waals surface area contributed by atoms with Crippen molar-refractivity contribution >= 4 is 0 Å². The lowest BCUT2D eigenvalue weighted by atomic mass is 10.0. The summed E-state index contributed by atoms with van der Waals surface area (Å²) in [5, 5.41) is 10.0. The molecule has 4 heteroatoms. The maximum Gasteiger partial charge on any atom is 0.126 e. The Hall–Kier alpha value is -1.81. The van der Waals surface area contributed by atoms with Crippen molar-refractivity contribution in [3.8, 4) is 0 Å². The van der Waals surface area contributed by atoms with Crippen molar-refractivity contribution in [1.29, 1.82) is 0 Å². The predicted molar refractivity (Wildman–Crippen MR) is 64.0 cm³/mol. The van der Waals surface area contributed by atoms with Crippen LogP contribution < -0.4 is 0 Å². The zero-order valence-corrected chi connectivity index (χ0v) is 9.90. The van der Waals surface area contributed by atoms with E-state index in [1.807, 2.05) is 13.0 Å². The highest BCUT2D eigenvalue weighted by atomic mass is 19.1. The van der Waals surface area contributed by atoms with Gasteiger partial charge in [-0.25, -0.2) is 8.78 Å². The first-order valence-corrected chi connectivity index (χ1v) is 5.61. The summed E-state index contributed by atoms with van der Waals surface area (Å²) in [6.07, 6.45) is 0.844. The molecule has 1 aromatic carbocycles. The Balaban J connectivity index is 2.21. The Labute approximate surface area is 104 Å². The number of nitrogens with zero attached hydrogens (tertiary/aromatic N) is 1. The van der Waals surface area contributed by atoms with E-state index in [4.69, 9.17) is 0 Å². The van der Waals surface area contributed by atoms with Gasteiger partial charge in [-0.05, 0) is 36.2 Å². The molecule has 0 spiro atoms. The first-order chi connectivity index (χ1) is 8.56. The monoisotopic (exact) mass is 249 g/mol. The molecule has 0 aliphatic rings. The first kappa shape index (κ1) is 12.6. The summed E-state index contributed by atoms with van der Waals surface area (Å²) in [6, 6.07) is 6.84. The van der Waals surface area contributed by atoms with Crippen molar-refractivity contribution in [3.05, 3.63) is 65.0 Å². The van der Waals surface area contributed by atoms with E-state index in [2.05, 4.69) is 4.98 Å². The molecule has 1 N–H and O–H groups in total. The summed E-state index contributed by atoms with van der Waals surface area (Å²) in [5.41, 5.74) is 1.79. The fraction of sp³-hybridized carbons (Fsp3) is 0.214. The highest BCUT2D eigenvalue weighted by Crippen LogP contribution is 2.20. The molecular formula is C14H13F2NO. The second-order valence-corrected chi connectivity index (χ2v) is 4.20. The molecule has 0 aliphatic heterocycles. The second-order valence-electron chi connectivity index (χ2n) is 4.20. The number of benzene rings is 1. The molecule has 1 aromatic heterocycles. The SMILES string of the molecule is Cc1cccnc1C(O)Cc1cc(F)cc(F)c1. The largest absolute Gasteiger partial charge is 0.386 e. The molecule has 0 aliphatic carbocycles. The Morgan fingerprint density at radius 2 is 1.89 bits per heavy atom. The second kappa shape index (κ2) is 5.23. The minimum atomic E-state index is -0.868. The molecule has 1 heterocycles. The Bertz CT molecular complexity index is 537. The van der Waals surface area contributed by atoms with Gasteiger partial charge < -0.3 is 5.11 Å². The maximum absolute atomic E-state index is 13.0. The van der Waals surface area contributed by atoms with Crippen molar-refractivity contribution in [2.24, 2.45) is 0 Å². The van der Waals surface area contributed by atoms with E-state index < -0.39 is 17.7 Å². The van der Waals surface area contributed by atoms with Crippen molar-refractivity contribution in [2.75, 3.05) is 0 Å². The van der Waals surface area contributed by atoms with Crippen LogP contribution in [0.1, 0.15) is 22.9 Å². The van der Waals surface area contributed by atoms with E-state index >= 15 is 0 Å². The van der Waals surface area contributed by atoms with Crippen LogP contribution in [-0.4, -0.2) is 10.1 Å². The van der Waals surface area contributed by atoms with Crippen molar-refractivity contribution < 1.29 is 13.9 Å². The van der Waals surface area contributed by atoms with Crippen LogP contribution in [0.15, 0.2) is 36.5 Å². The van der Waals surface area contributed by atoms with Crippen molar-refractivity contribution in [3.63, 3.8) is 0 Å². The average molecular weight is 249 g/mol. The van der Waals surface area contributed by atoms with Crippen LogP contribution in [0.3, 0.4) is 0 Å². The van der Waals surface area contributed by atoms with Gasteiger partial charge in [0.05, 0.1) is 5.69 Å². The third-order valence-electron chi connectivity index (χ3n) is 2.72. The number of rotatable bonds is 3. The van der Waals surface area contributed by atoms with E-state index in [9.17, 15) is 13.9 Å². The van der Waals surface area contributed by atoms with E-state index in [-0.39, 0.29) is 6.42 Å². The van der Waals surface area contributed by atoms with Crippen molar-refractivity contribution in [2.45, 2.75) is 19.4 Å². The number of pyridine rings is 1. The van der Waals surface area contributed by atoms with Crippen LogP contribution >= 0.6 is 0 Å². The summed E-state index contributed by atoms with van der Waals surface area (Å²) in [4.78, 5) is 4.08. The van der Waals surface area contributed by atoms with Gasteiger partial charge >= 0.3 is 0 Å². The van der Waals surface area contributed by atoms with Crippen LogP contribution in [0.5, 0.6) is 0 Å². The molecular weight excluding hydrogens is 236 g/mol. The maximum atomic E-state index is 13.0. The van der Waals surface area contributed by atoms with Gasteiger partial charge in [0.15, 0.2) is 0 Å². The van der Waals surface area contributed by atoms with Crippen LogP contribution in [0.2, 0.25) is 0 Å². The zero-order chi connectivity index (χ0) is 13.1. The summed E-state index contributed by atoms with van der Waals surface area (Å²) >= 11 is 0. The molecule has 2 nitrogen and oxygen atoms in total. The molecule has 0 radical (unpaired) electrons.